The fraction of sp³-hybridized carbons (Fsp3) is 0.294. The van der Waals surface area contributed by atoms with Gasteiger partial charge in [0.15, 0.2) is 0 Å². The molecule has 0 aliphatic carbocycles. The molecule has 0 spiro atoms. The van der Waals surface area contributed by atoms with E-state index in [1.54, 1.807) is 0 Å². The van der Waals surface area contributed by atoms with Gasteiger partial charge in [0.25, 0.3) is 0 Å². The third kappa shape index (κ3) is 2.80. The summed E-state index contributed by atoms with van der Waals surface area (Å²) in [5, 5.41) is 0. The van der Waals surface area contributed by atoms with Crippen molar-refractivity contribution in [3.8, 4) is 0 Å². The molecule has 2 atom stereocenters. The normalized spacial score (nSPS) is 14.4. The minimum Gasteiger partial charge on any atom is -0.323 e. The predicted molar refractivity (Wildman–Crippen MR) is 77.4 cm³/mol. The van der Waals surface area contributed by atoms with E-state index >= 15 is 0 Å². The average molecular weight is 239 g/mol. The molecule has 0 fully saturated rings. The van der Waals surface area contributed by atoms with Gasteiger partial charge in [0, 0.05) is 12.0 Å². The Morgan fingerprint density at radius 3 is 1.61 bits per heavy atom. The Kier molecular flexibility index (Phi) is 4.16. The van der Waals surface area contributed by atoms with Crippen molar-refractivity contribution >= 4 is 0 Å². The first-order valence-corrected chi connectivity index (χ1v) is 6.55. The lowest BCUT2D eigenvalue weighted by atomic mass is 9.80. The molecule has 2 unspecified atom stereocenters. The summed E-state index contributed by atoms with van der Waals surface area (Å²) in [5.74, 6) is 0.871. The van der Waals surface area contributed by atoms with Gasteiger partial charge >= 0.3 is 0 Å². The number of nitrogens with two attached hydrogens (primary N) is 1. The molecule has 2 aromatic rings. The zero-order chi connectivity index (χ0) is 13.0. The van der Waals surface area contributed by atoms with Crippen molar-refractivity contribution in [1.82, 2.24) is 0 Å². The molecule has 0 saturated carbocycles. The van der Waals surface area contributed by atoms with Gasteiger partial charge < -0.3 is 5.73 Å². The van der Waals surface area contributed by atoms with Crippen LogP contribution in [0.2, 0.25) is 0 Å². The van der Waals surface area contributed by atoms with E-state index in [0.29, 0.717) is 11.8 Å². The lowest BCUT2D eigenvalue weighted by Gasteiger charge is -2.28. The first kappa shape index (κ1) is 12.8. The largest absolute Gasteiger partial charge is 0.323 e. The summed E-state index contributed by atoms with van der Waals surface area (Å²) in [5.41, 5.74) is 9.00. The number of hydrogen-bond donors (Lipinski definition) is 1. The van der Waals surface area contributed by atoms with E-state index in [4.69, 9.17) is 5.73 Å². The molecule has 0 amide bonds. The zero-order valence-corrected chi connectivity index (χ0v) is 11.1. The van der Waals surface area contributed by atoms with Crippen LogP contribution >= 0.6 is 0 Å². The second-order valence-electron chi connectivity index (χ2n) is 5.12. The maximum atomic E-state index is 6.47. The fourth-order valence-electron chi connectivity index (χ4n) is 2.56. The van der Waals surface area contributed by atoms with Gasteiger partial charge in [-0.2, -0.15) is 0 Å². The van der Waals surface area contributed by atoms with Gasteiger partial charge in [-0.3, -0.25) is 0 Å². The van der Waals surface area contributed by atoms with Crippen molar-refractivity contribution in [2.75, 3.05) is 0 Å². The standard InChI is InChI=1S/C17H21N/c1-13(2)16(14-9-5-3-6-10-14)17(18)15-11-7-4-8-12-15/h3-13,16-17H,18H2,1-2H3. The van der Waals surface area contributed by atoms with Gasteiger partial charge in [-0.05, 0) is 17.0 Å². The van der Waals surface area contributed by atoms with E-state index < -0.39 is 0 Å². The second kappa shape index (κ2) is 5.83. The Bertz CT molecular complexity index is 461. The summed E-state index contributed by atoms with van der Waals surface area (Å²) in [6, 6.07) is 21.0. The predicted octanol–water partition coefficient (Wildman–Crippen LogP) is 4.13. The molecule has 2 rings (SSSR count). The number of hydrogen-bond acceptors (Lipinski definition) is 1. The van der Waals surface area contributed by atoms with Crippen LogP contribution in [0.5, 0.6) is 0 Å². The first-order chi connectivity index (χ1) is 8.70. The SMILES string of the molecule is CC(C)C(c1ccccc1)C(N)c1ccccc1. The molecule has 0 aliphatic heterocycles. The van der Waals surface area contributed by atoms with Gasteiger partial charge in [-0.25, -0.2) is 0 Å². The quantitative estimate of drug-likeness (QED) is 0.853. The van der Waals surface area contributed by atoms with Crippen molar-refractivity contribution < 1.29 is 0 Å². The van der Waals surface area contributed by atoms with Crippen LogP contribution in [-0.2, 0) is 0 Å². The lowest BCUT2D eigenvalue weighted by molar-refractivity contribution is 0.425. The van der Waals surface area contributed by atoms with Crippen molar-refractivity contribution in [1.29, 1.82) is 0 Å². The molecule has 2 N–H and O–H groups in total. The topological polar surface area (TPSA) is 26.0 Å². The zero-order valence-electron chi connectivity index (χ0n) is 11.1. The van der Waals surface area contributed by atoms with E-state index in [-0.39, 0.29) is 6.04 Å². The maximum Gasteiger partial charge on any atom is 0.0366 e. The Morgan fingerprint density at radius 1 is 0.722 bits per heavy atom. The molecule has 1 nitrogen and oxygen atoms in total. The number of rotatable bonds is 4. The molecule has 0 heterocycles. The Labute approximate surface area is 110 Å². The van der Waals surface area contributed by atoms with Crippen LogP contribution in [0.3, 0.4) is 0 Å². The van der Waals surface area contributed by atoms with Gasteiger partial charge in [0.05, 0.1) is 0 Å². The lowest BCUT2D eigenvalue weighted by Crippen LogP contribution is -2.23. The van der Waals surface area contributed by atoms with Crippen LogP contribution in [0.25, 0.3) is 0 Å². The summed E-state index contributed by atoms with van der Waals surface area (Å²) >= 11 is 0. The molecule has 0 radical (unpaired) electrons. The van der Waals surface area contributed by atoms with E-state index in [1.807, 2.05) is 6.07 Å². The van der Waals surface area contributed by atoms with Crippen LogP contribution in [0.15, 0.2) is 60.7 Å². The molecule has 0 bridgehead atoms. The molecule has 18 heavy (non-hydrogen) atoms. The van der Waals surface area contributed by atoms with Crippen LogP contribution in [0, 0.1) is 5.92 Å². The second-order valence-corrected chi connectivity index (χ2v) is 5.12. The smallest absolute Gasteiger partial charge is 0.0366 e. The highest BCUT2D eigenvalue weighted by Crippen LogP contribution is 2.34. The van der Waals surface area contributed by atoms with Gasteiger partial charge in [-0.15, -0.1) is 0 Å². The van der Waals surface area contributed by atoms with Crippen LogP contribution < -0.4 is 5.73 Å². The highest BCUT2D eigenvalue weighted by atomic mass is 14.7. The molecule has 0 aliphatic rings. The summed E-state index contributed by atoms with van der Waals surface area (Å²) in [6.07, 6.45) is 0. The van der Waals surface area contributed by atoms with Crippen molar-refractivity contribution in [3.05, 3.63) is 71.8 Å². The molecule has 2 aromatic carbocycles. The monoisotopic (exact) mass is 239 g/mol. The molecule has 0 aromatic heterocycles. The van der Waals surface area contributed by atoms with E-state index in [1.165, 1.54) is 11.1 Å². The minimum atomic E-state index is 0.0496. The third-order valence-electron chi connectivity index (χ3n) is 3.47. The van der Waals surface area contributed by atoms with Crippen LogP contribution in [-0.4, -0.2) is 0 Å². The minimum absolute atomic E-state index is 0.0496. The summed E-state index contributed by atoms with van der Waals surface area (Å²) in [4.78, 5) is 0. The van der Waals surface area contributed by atoms with E-state index in [0.717, 1.165) is 0 Å². The maximum absolute atomic E-state index is 6.47. The Morgan fingerprint density at radius 2 is 1.17 bits per heavy atom. The van der Waals surface area contributed by atoms with E-state index in [2.05, 4.69) is 68.4 Å². The average Bonchev–Trinajstić information content (AvgIpc) is 2.40. The Hall–Kier alpha value is -1.60. The molecule has 0 saturated heterocycles. The molecule has 1 heteroatoms. The molecular weight excluding hydrogens is 218 g/mol. The van der Waals surface area contributed by atoms with Crippen LogP contribution in [0.1, 0.15) is 36.9 Å². The van der Waals surface area contributed by atoms with Crippen LogP contribution in [0.4, 0.5) is 0 Å². The molecular formula is C17H21N. The van der Waals surface area contributed by atoms with Crippen molar-refractivity contribution in [2.45, 2.75) is 25.8 Å². The fourth-order valence-corrected chi connectivity index (χ4v) is 2.56. The highest BCUT2D eigenvalue weighted by molar-refractivity contribution is 5.28. The summed E-state index contributed by atoms with van der Waals surface area (Å²) < 4.78 is 0. The van der Waals surface area contributed by atoms with E-state index in [9.17, 15) is 0 Å². The third-order valence-corrected chi connectivity index (χ3v) is 3.47. The summed E-state index contributed by atoms with van der Waals surface area (Å²) in [7, 11) is 0. The Balaban J connectivity index is 2.32. The van der Waals surface area contributed by atoms with Gasteiger partial charge in [0.1, 0.15) is 0 Å². The van der Waals surface area contributed by atoms with Gasteiger partial charge in [-0.1, -0.05) is 74.5 Å². The highest BCUT2D eigenvalue weighted by Gasteiger charge is 2.24. The van der Waals surface area contributed by atoms with Gasteiger partial charge in [0.2, 0.25) is 0 Å². The first-order valence-electron chi connectivity index (χ1n) is 6.55. The van der Waals surface area contributed by atoms with Crippen molar-refractivity contribution in [3.63, 3.8) is 0 Å². The number of benzene rings is 2. The summed E-state index contributed by atoms with van der Waals surface area (Å²) in [6.45, 7) is 4.47. The molecule has 94 valence electrons. The van der Waals surface area contributed by atoms with Crippen molar-refractivity contribution in [2.24, 2.45) is 11.7 Å².